The summed E-state index contributed by atoms with van der Waals surface area (Å²) in [5, 5.41) is 0. The van der Waals surface area contributed by atoms with Crippen molar-refractivity contribution in [1.82, 2.24) is 0 Å². The van der Waals surface area contributed by atoms with E-state index in [1.165, 1.54) is 25.7 Å². The zero-order chi connectivity index (χ0) is 43.7. The van der Waals surface area contributed by atoms with Crippen LogP contribution >= 0.6 is 0 Å². The second kappa shape index (κ2) is 47.7. The van der Waals surface area contributed by atoms with Crippen molar-refractivity contribution in [2.45, 2.75) is 200 Å². The van der Waals surface area contributed by atoms with Crippen LogP contribution in [-0.2, 0) is 28.6 Å². The van der Waals surface area contributed by atoms with Gasteiger partial charge in [-0.15, -0.1) is 0 Å². The molecule has 0 N–H and O–H groups in total. The number of allylic oxidation sites excluding steroid dienone is 18. The highest BCUT2D eigenvalue weighted by atomic mass is 16.6. The minimum absolute atomic E-state index is 0.111. The van der Waals surface area contributed by atoms with Crippen LogP contribution in [0.5, 0.6) is 0 Å². The quantitative estimate of drug-likeness (QED) is 0.0264. The fourth-order valence-electron chi connectivity index (χ4n) is 6.01. The Bertz CT molecular complexity index is 1280. The van der Waals surface area contributed by atoms with Crippen LogP contribution in [0.4, 0.5) is 0 Å². The Labute approximate surface area is 368 Å². The Kier molecular flexibility index (Phi) is 44.6. The molecule has 0 spiro atoms. The summed E-state index contributed by atoms with van der Waals surface area (Å²) < 4.78 is 16.7. The maximum Gasteiger partial charge on any atom is 0.306 e. The van der Waals surface area contributed by atoms with E-state index >= 15 is 0 Å². The Hall–Kier alpha value is -3.93. The molecule has 0 saturated carbocycles. The van der Waals surface area contributed by atoms with Gasteiger partial charge in [0.05, 0.1) is 0 Å². The lowest BCUT2D eigenvalue weighted by atomic mass is 10.1. The summed E-state index contributed by atoms with van der Waals surface area (Å²) >= 11 is 0. The predicted octanol–water partition coefficient (Wildman–Crippen LogP) is 15.6. The molecule has 0 bridgehead atoms. The van der Waals surface area contributed by atoms with E-state index in [0.717, 1.165) is 128 Å². The number of ether oxygens (including phenoxy) is 3. The minimum Gasteiger partial charge on any atom is -0.462 e. The molecule has 0 radical (unpaired) electrons. The zero-order valence-electron chi connectivity index (χ0n) is 38.4. The third-order valence-corrected chi connectivity index (χ3v) is 9.50. The number of rotatable bonds is 41. The molecule has 0 aliphatic rings. The van der Waals surface area contributed by atoms with Crippen LogP contribution in [0.15, 0.2) is 109 Å². The van der Waals surface area contributed by atoms with Crippen molar-refractivity contribution in [1.29, 1.82) is 0 Å². The average Bonchev–Trinajstić information content (AvgIpc) is 3.24. The SMILES string of the molecule is CC/C=C\C/C=C\C/C=C\C/C=C\C/C=C\CCCCCC(=O)OCC(COC(=O)CCCC/C=C\C/C=C\CC)OC(=O)CCCCCCCCC/C=C\C/C=C\CC. The monoisotopic (exact) mass is 831 g/mol. The normalized spacial score (nSPS) is 13.1. The van der Waals surface area contributed by atoms with Gasteiger partial charge in [0.1, 0.15) is 13.2 Å². The topological polar surface area (TPSA) is 78.9 Å². The van der Waals surface area contributed by atoms with Crippen LogP contribution in [-0.4, -0.2) is 37.2 Å². The second-order valence-corrected chi connectivity index (χ2v) is 15.2. The molecule has 0 amide bonds. The molecule has 0 aromatic carbocycles. The van der Waals surface area contributed by atoms with E-state index in [-0.39, 0.29) is 31.1 Å². The van der Waals surface area contributed by atoms with Gasteiger partial charge in [0.15, 0.2) is 6.10 Å². The Balaban J connectivity index is 4.45. The summed E-state index contributed by atoms with van der Waals surface area (Å²) in [5.74, 6) is -0.996. The maximum absolute atomic E-state index is 12.7. The van der Waals surface area contributed by atoms with E-state index in [4.69, 9.17) is 14.2 Å². The fourth-order valence-corrected chi connectivity index (χ4v) is 6.01. The Morgan fingerprint density at radius 1 is 0.333 bits per heavy atom. The zero-order valence-corrected chi connectivity index (χ0v) is 38.4. The summed E-state index contributed by atoms with van der Waals surface area (Å²) in [5.41, 5.74) is 0. The number of carbonyl (C=O) groups excluding carboxylic acids is 3. The largest absolute Gasteiger partial charge is 0.462 e. The lowest BCUT2D eigenvalue weighted by Crippen LogP contribution is -2.30. The molecule has 338 valence electrons. The predicted molar refractivity (Wildman–Crippen MR) is 256 cm³/mol. The highest BCUT2D eigenvalue weighted by Gasteiger charge is 2.19. The molecule has 0 rings (SSSR count). The Morgan fingerprint density at radius 3 is 0.983 bits per heavy atom. The molecule has 6 nitrogen and oxygen atoms in total. The van der Waals surface area contributed by atoms with Gasteiger partial charge in [0.2, 0.25) is 0 Å². The van der Waals surface area contributed by atoms with Crippen LogP contribution in [0, 0.1) is 0 Å². The van der Waals surface area contributed by atoms with E-state index in [1.54, 1.807) is 0 Å². The van der Waals surface area contributed by atoms with Crippen LogP contribution in [0.1, 0.15) is 194 Å². The summed E-state index contributed by atoms with van der Waals surface area (Å²) in [7, 11) is 0. The van der Waals surface area contributed by atoms with Crippen molar-refractivity contribution in [3.05, 3.63) is 109 Å². The molecule has 6 heteroatoms. The summed E-state index contributed by atoms with van der Waals surface area (Å²) in [4.78, 5) is 37.8. The molecule has 0 saturated heterocycles. The molecule has 0 heterocycles. The van der Waals surface area contributed by atoms with Crippen LogP contribution < -0.4 is 0 Å². The average molecular weight is 831 g/mol. The molecular formula is C54H86O6. The smallest absolute Gasteiger partial charge is 0.306 e. The molecule has 0 aromatic heterocycles. The van der Waals surface area contributed by atoms with Crippen molar-refractivity contribution in [3.63, 3.8) is 0 Å². The van der Waals surface area contributed by atoms with E-state index < -0.39 is 6.10 Å². The first-order valence-electron chi connectivity index (χ1n) is 23.9. The summed E-state index contributed by atoms with van der Waals surface area (Å²) in [6, 6.07) is 0. The van der Waals surface area contributed by atoms with Gasteiger partial charge in [0.25, 0.3) is 0 Å². The lowest BCUT2D eigenvalue weighted by Gasteiger charge is -2.18. The minimum atomic E-state index is -0.809. The molecule has 60 heavy (non-hydrogen) atoms. The van der Waals surface area contributed by atoms with Gasteiger partial charge in [-0.3, -0.25) is 14.4 Å². The molecule has 0 fully saturated rings. The van der Waals surface area contributed by atoms with Crippen molar-refractivity contribution < 1.29 is 28.6 Å². The first kappa shape index (κ1) is 56.1. The van der Waals surface area contributed by atoms with Crippen LogP contribution in [0.2, 0.25) is 0 Å². The standard InChI is InChI=1S/C54H86O6/c1-4-7-10-13-16-19-21-23-25-26-27-28-29-31-32-35-38-41-44-47-53(56)59-50-51(49-58-52(55)46-43-40-37-34-18-15-12-9-6-3)60-54(57)48-45-42-39-36-33-30-24-22-20-17-14-11-8-5-2/h7-12,16-20,23,25,27-28,31-32,34,51H,4-6,13-15,21-22,24,26,29-30,33,35-50H2,1-3H3/b10-7-,11-8-,12-9-,19-16-,20-17-,25-23-,28-27-,32-31-,34-18-. The molecule has 0 aliphatic carbocycles. The third kappa shape index (κ3) is 45.2. The van der Waals surface area contributed by atoms with E-state index in [9.17, 15) is 14.4 Å². The lowest BCUT2D eigenvalue weighted by molar-refractivity contribution is -0.167. The van der Waals surface area contributed by atoms with Gasteiger partial charge in [-0.05, 0) is 116 Å². The van der Waals surface area contributed by atoms with Gasteiger partial charge in [-0.25, -0.2) is 0 Å². The molecule has 1 unspecified atom stereocenters. The van der Waals surface area contributed by atoms with E-state index in [2.05, 4.69) is 130 Å². The van der Waals surface area contributed by atoms with Crippen molar-refractivity contribution in [2.75, 3.05) is 13.2 Å². The third-order valence-electron chi connectivity index (χ3n) is 9.50. The number of hydrogen-bond donors (Lipinski definition) is 0. The second-order valence-electron chi connectivity index (χ2n) is 15.2. The highest BCUT2D eigenvalue weighted by molar-refractivity contribution is 5.71. The van der Waals surface area contributed by atoms with Gasteiger partial charge in [-0.1, -0.05) is 169 Å². The van der Waals surface area contributed by atoms with Crippen molar-refractivity contribution in [2.24, 2.45) is 0 Å². The fraction of sp³-hybridized carbons (Fsp3) is 0.611. The molecular weight excluding hydrogens is 745 g/mol. The van der Waals surface area contributed by atoms with Crippen LogP contribution in [0.25, 0.3) is 0 Å². The number of hydrogen-bond acceptors (Lipinski definition) is 6. The number of unbranched alkanes of at least 4 members (excludes halogenated alkanes) is 12. The number of esters is 3. The first-order valence-corrected chi connectivity index (χ1v) is 23.9. The van der Waals surface area contributed by atoms with Crippen molar-refractivity contribution in [3.8, 4) is 0 Å². The van der Waals surface area contributed by atoms with Crippen molar-refractivity contribution >= 4 is 17.9 Å². The maximum atomic E-state index is 12.7. The Morgan fingerprint density at radius 2 is 0.600 bits per heavy atom. The van der Waals surface area contributed by atoms with Gasteiger partial charge < -0.3 is 14.2 Å². The first-order chi connectivity index (χ1) is 29.5. The summed E-state index contributed by atoms with van der Waals surface area (Å²) in [6.45, 7) is 6.20. The highest BCUT2D eigenvalue weighted by Crippen LogP contribution is 2.13. The van der Waals surface area contributed by atoms with E-state index in [1.807, 2.05) is 0 Å². The number of carbonyl (C=O) groups is 3. The van der Waals surface area contributed by atoms with Crippen LogP contribution in [0.3, 0.4) is 0 Å². The van der Waals surface area contributed by atoms with Gasteiger partial charge >= 0.3 is 17.9 Å². The molecule has 0 aromatic rings. The summed E-state index contributed by atoms with van der Waals surface area (Å²) in [6.07, 6.45) is 63.7. The van der Waals surface area contributed by atoms with Gasteiger partial charge in [0, 0.05) is 19.3 Å². The molecule has 1 atom stereocenters. The van der Waals surface area contributed by atoms with E-state index in [0.29, 0.717) is 19.3 Å². The van der Waals surface area contributed by atoms with Gasteiger partial charge in [-0.2, -0.15) is 0 Å². The molecule has 0 aliphatic heterocycles.